The van der Waals surface area contributed by atoms with Gasteiger partial charge in [-0.1, -0.05) is 0 Å². The van der Waals surface area contributed by atoms with Crippen molar-refractivity contribution >= 4 is 5.91 Å². The van der Waals surface area contributed by atoms with E-state index in [1.165, 1.54) is 12.4 Å². The van der Waals surface area contributed by atoms with Gasteiger partial charge in [-0.15, -0.1) is 0 Å². The number of hydrogen-bond donors (Lipinski definition) is 2. The molecule has 0 radical (unpaired) electrons. The number of carbonyl (C=O) groups is 1. The van der Waals surface area contributed by atoms with E-state index < -0.39 is 0 Å². The topological polar surface area (TPSA) is 82.1 Å². The second kappa shape index (κ2) is 3.68. The lowest BCUT2D eigenvalue weighted by atomic mass is 10.2. The molecule has 0 aliphatic heterocycles. The number of nitrogens with two attached hydrogens (primary N) is 1. The summed E-state index contributed by atoms with van der Waals surface area (Å²) in [6, 6.07) is 3.14. The minimum atomic E-state index is -0.279. The third-order valence-electron chi connectivity index (χ3n) is 1.40. The van der Waals surface area contributed by atoms with Crippen LogP contribution < -0.4 is 16.0 Å². The molecule has 1 aromatic rings. The molecule has 0 unspecified atom stereocenters. The molecule has 0 aromatic carbocycles. The largest absolute Gasteiger partial charge is 0.619 e. The molecule has 12 heavy (non-hydrogen) atoms. The third-order valence-corrected chi connectivity index (χ3v) is 1.40. The van der Waals surface area contributed by atoms with Crippen LogP contribution in [0, 0.1) is 5.21 Å². The molecule has 1 heterocycles. The SMILES string of the molecule is NNC(=O)Cc1cc[n+]([O-])cc1. The highest BCUT2D eigenvalue weighted by atomic mass is 16.5. The summed E-state index contributed by atoms with van der Waals surface area (Å²) in [4.78, 5) is 10.7. The van der Waals surface area contributed by atoms with E-state index in [9.17, 15) is 10.0 Å². The number of aromatic nitrogens is 1. The first-order chi connectivity index (χ1) is 5.72. The highest BCUT2D eigenvalue weighted by Crippen LogP contribution is 1.95. The van der Waals surface area contributed by atoms with Crippen LogP contribution in [0.4, 0.5) is 0 Å². The van der Waals surface area contributed by atoms with Crippen molar-refractivity contribution in [2.24, 2.45) is 5.84 Å². The van der Waals surface area contributed by atoms with Gasteiger partial charge in [-0.05, 0) is 5.56 Å². The van der Waals surface area contributed by atoms with Crippen molar-refractivity contribution in [2.45, 2.75) is 6.42 Å². The molecule has 0 atom stereocenters. The van der Waals surface area contributed by atoms with Crippen molar-refractivity contribution in [1.82, 2.24) is 5.43 Å². The molecule has 0 aliphatic carbocycles. The molecule has 1 rings (SSSR count). The summed E-state index contributed by atoms with van der Waals surface area (Å²) in [5, 5.41) is 10.6. The number of pyridine rings is 1. The summed E-state index contributed by atoms with van der Waals surface area (Å²) < 4.78 is 0.657. The van der Waals surface area contributed by atoms with Gasteiger partial charge in [0.15, 0.2) is 12.4 Å². The van der Waals surface area contributed by atoms with Crippen molar-refractivity contribution < 1.29 is 9.52 Å². The number of amides is 1. The maximum atomic E-state index is 10.7. The maximum Gasteiger partial charge on any atom is 0.238 e. The molecule has 64 valence electrons. The average Bonchev–Trinajstić information content (AvgIpc) is 2.09. The molecule has 1 amide bonds. The van der Waals surface area contributed by atoms with Gasteiger partial charge in [0.25, 0.3) is 0 Å². The Morgan fingerprint density at radius 1 is 1.58 bits per heavy atom. The summed E-state index contributed by atoms with van der Waals surface area (Å²) in [6.07, 6.45) is 2.86. The van der Waals surface area contributed by atoms with Crippen LogP contribution in [0.2, 0.25) is 0 Å². The molecule has 0 fully saturated rings. The second-order valence-corrected chi connectivity index (χ2v) is 2.31. The highest BCUT2D eigenvalue weighted by Gasteiger charge is 2.01. The first-order valence-corrected chi connectivity index (χ1v) is 3.39. The van der Waals surface area contributed by atoms with E-state index in [2.05, 4.69) is 0 Å². The minimum absolute atomic E-state index is 0.192. The molecule has 0 aliphatic rings. The zero-order valence-corrected chi connectivity index (χ0v) is 6.36. The van der Waals surface area contributed by atoms with Crippen LogP contribution in [0.1, 0.15) is 5.56 Å². The zero-order valence-electron chi connectivity index (χ0n) is 6.36. The lowest BCUT2D eigenvalue weighted by Gasteiger charge is -1.99. The van der Waals surface area contributed by atoms with Crippen LogP contribution in [-0.2, 0) is 11.2 Å². The smallest absolute Gasteiger partial charge is 0.238 e. The number of carbonyl (C=O) groups excluding carboxylic acids is 1. The summed E-state index contributed by atoms with van der Waals surface area (Å²) in [7, 11) is 0. The fourth-order valence-electron chi connectivity index (χ4n) is 0.798. The summed E-state index contributed by atoms with van der Waals surface area (Å²) in [6.45, 7) is 0. The number of nitrogens with one attached hydrogen (secondary N) is 1. The lowest BCUT2D eigenvalue weighted by Crippen LogP contribution is -2.31. The molecule has 0 saturated heterocycles. The molecular formula is C7H9N3O2. The van der Waals surface area contributed by atoms with Gasteiger partial charge in [0.05, 0.1) is 6.42 Å². The Morgan fingerprint density at radius 2 is 2.17 bits per heavy atom. The van der Waals surface area contributed by atoms with Gasteiger partial charge in [0.1, 0.15) is 0 Å². The first-order valence-electron chi connectivity index (χ1n) is 3.39. The van der Waals surface area contributed by atoms with Crippen molar-refractivity contribution in [3.63, 3.8) is 0 Å². The Morgan fingerprint density at radius 3 is 2.67 bits per heavy atom. The highest BCUT2D eigenvalue weighted by molar-refractivity contribution is 5.77. The van der Waals surface area contributed by atoms with E-state index in [-0.39, 0.29) is 12.3 Å². The third kappa shape index (κ3) is 2.21. The van der Waals surface area contributed by atoms with Gasteiger partial charge < -0.3 is 5.21 Å². The number of rotatable bonds is 2. The van der Waals surface area contributed by atoms with Crippen LogP contribution in [0.5, 0.6) is 0 Å². The lowest BCUT2D eigenvalue weighted by molar-refractivity contribution is -0.605. The molecule has 5 nitrogen and oxygen atoms in total. The molecular weight excluding hydrogens is 158 g/mol. The Hall–Kier alpha value is -1.62. The van der Waals surface area contributed by atoms with Gasteiger partial charge in [0.2, 0.25) is 5.91 Å². The predicted octanol–water partition coefficient (Wildman–Crippen LogP) is -1.15. The molecule has 0 saturated carbocycles. The van der Waals surface area contributed by atoms with Crippen molar-refractivity contribution in [3.05, 3.63) is 35.3 Å². The maximum absolute atomic E-state index is 10.7. The van der Waals surface area contributed by atoms with Crippen LogP contribution in [0.15, 0.2) is 24.5 Å². The normalized spacial score (nSPS) is 9.42. The van der Waals surface area contributed by atoms with E-state index in [1.807, 2.05) is 5.43 Å². The monoisotopic (exact) mass is 167 g/mol. The minimum Gasteiger partial charge on any atom is -0.619 e. The molecule has 1 aromatic heterocycles. The van der Waals surface area contributed by atoms with Crippen LogP contribution >= 0.6 is 0 Å². The number of hydrazine groups is 1. The summed E-state index contributed by atoms with van der Waals surface area (Å²) in [5.74, 6) is 4.60. The Bertz CT molecular complexity index is 270. The Kier molecular flexibility index (Phi) is 2.60. The van der Waals surface area contributed by atoms with Crippen LogP contribution in [0.25, 0.3) is 0 Å². The van der Waals surface area contributed by atoms with Crippen molar-refractivity contribution in [2.75, 3.05) is 0 Å². The molecule has 0 bridgehead atoms. The standard InChI is InChI=1S/C7H9N3O2/c8-9-7(11)5-6-1-3-10(12)4-2-6/h1-4H,5,8H2,(H,9,11). The second-order valence-electron chi connectivity index (χ2n) is 2.31. The van der Waals surface area contributed by atoms with Crippen LogP contribution in [-0.4, -0.2) is 5.91 Å². The average molecular weight is 167 g/mol. The summed E-state index contributed by atoms with van der Waals surface area (Å²) in [5.41, 5.74) is 2.76. The van der Waals surface area contributed by atoms with E-state index in [1.54, 1.807) is 12.1 Å². The Labute approximate surface area is 69.4 Å². The van der Waals surface area contributed by atoms with E-state index in [0.29, 0.717) is 4.73 Å². The van der Waals surface area contributed by atoms with E-state index in [4.69, 9.17) is 5.84 Å². The van der Waals surface area contributed by atoms with Crippen molar-refractivity contribution in [3.8, 4) is 0 Å². The summed E-state index contributed by atoms with van der Waals surface area (Å²) >= 11 is 0. The molecule has 5 heteroatoms. The fourth-order valence-corrected chi connectivity index (χ4v) is 0.798. The van der Waals surface area contributed by atoms with Gasteiger partial charge in [-0.2, -0.15) is 4.73 Å². The van der Waals surface area contributed by atoms with Gasteiger partial charge in [0, 0.05) is 12.1 Å². The molecule has 3 N–H and O–H groups in total. The fraction of sp³-hybridized carbons (Fsp3) is 0.143. The Balaban J connectivity index is 2.64. The first kappa shape index (κ1) is 8.48. The quantitative estimate of drug-likeness (QED) is 0.192. The zero-order chi connectivity index (χ0) is 8.97. The van der Waals surface area contributed by atoms with Gasteiger partial charge >= 0.3 is 0 Å². The predicted molar refractivity (Wildman–Crippen MR) is 41.4 cm³/mol. The van der Waals surface area contributed by atoms with Crippen molar-refractivity contribution in [1.29, 1.82) is 0 Å². The van der Waals surface area contributed by atoms with Gasteiger partial charge in [-0.25, -0.2) is 5.84 Å². The van der Waals surface area contributed by atoms with E-state index >= 15 is 0 Å². The number of nitrogens with zero attached hydrogens (tertiary/aromatic N) is 1. The van der Waals surface area contributed by atoms with Gasteiger partial charge in [-0.3, -0.25) is 10.2 Å². The van der Waals surface area contributed by atoms with Crippen LogP contribution in [0.3, 0.4) is 0 Å². The number of hydrogen-bond acceptors (Lipinski definition) is 3. The molecule has 0 spiro atoms. The van der Waals surface area contributed by atoms with E-state index in [0.717, 1.165) is 5.56 Å².